The second-order valence-corrected chi connectivity index (χ2v) is 7.62. The Kier molecular flexibility index (Phi) is 6.03. The summed E-state index contributed by atoms with van der Waals surface area (Å²) in [4.78, 5) is 1.44. The maximum Gasteiger partial charge on any atom is 0.0331 e. The first-order valence-electron chi connectivity index (χ1n) is 6.57. The van der Waals surface area contributed by atoms with E-state index in [1.807, 2.05) is 11.8 Å². The van der Waals surface area contributed by atoms with Crippen LogP contribution in [0.1, 0.15) is 51.6 Å². The van der Waals surface area contributed by atoms with Crippen LogP contribution in [0.5, 0.6) is 0 Å². The number of hydrogen-bond acceptors (Lipinski definition) is 2. The molecule has 18 heavy (non-hydrogen) atoms. The van der Waals surface area contributed by atoms with Crippen molar-refractivity contribution in [2.45, 2.75) is 55.7 Å². The molecule has 0 unspecified atom stereocenters. The van der Waals surface area contributed by atoms with Crippen LogP contribution in [-0.4, -0.2) is 11.3 Å². The molecular weight excluding hydrogens is 262 g/mol. The van der Waals surface area contributed by atoms with Crippen molar-refractivity contribution >= 4 is 24.2 Å². The van der Waals surface area contributed by atoms with Crippen molar-refractivity contribution in [1.29, 1.82) is 0 Å². The van der Waals surface area contributed by atoms with Gasteiger partial charge in [0, 0.05) is 15.7 Å². The monoisotopic (exact) mass is 285 g/mol. The van der Waals surface area contributed by atoms with Crippen molar-refractivity contribution in [3.8, 4) is 0 Å². The average molecular weight is 286 g/mol. The SMILES string of the molecule is CC(C)(C)Sc1ccccc1[C@@H]1CCCCN1.Cl. The van der Waals surface area contributed by atoms with Gasteiger partial charge in [-0.25, -0.2) is 0 Å². The second-order valence-electron chi connectivity index (χ2n) is 5.75. The van der Waals surface area contributed by atoms with E-state index in [9.17, 15) is 0 Å². The minimum Gasteiger partial charge on any atom is -0.310 e. The predicted molar refractivity (Wildman–Crippen MR) is 83.9 cm³/mol. The summed E-state index contributed by atoms with van der Waals surface area (Å²) < 4.78 is 0.283. The number of hydrogen-bond donors (Lipinski definition) is 1. The van der Waals surface area contributed by atoms with Crippen LogP contribution in [0.4, 0.5) is 0 Å². The summed E-state index contributed by atoms with van der Waals surface area (Å²) in [7, 11) is 0. The van der Waals surface area contributed by atoms with Crippen LogP contribution in [-0.2, 0) is 0 Å². The summed E-state index contributed by atoms with van der Waals surface area (Å²) >= 11 is 1.98. The van der Waals surface area contributed by atoms with Crippen molar-refractivity contribution in [2.24, 2.45) is 0 Å². The second kappa shape index (κ2) is 6.83. The molecule has 0 spiro atoms. The maximum absolute atomic E-state index is 3.65. The lowest BCUT2D eigenvalue weighted by atomic mass is 9.98. The largest absolute Gasteiger partial charge is 0.310 e. The Morgan fingerprint density at radius 3 is 2.50 bits per heavy atom. The summed E-state index contributed by atoms with van der Waals surface area (Å²) in [5, 5.41) is 3.65. The third kappa shape index (κ3) is 4.49. The van der Waals surface area contributed by atoms with Gasteiger partial charge in [0.05, 0.1) is 0 Å². The van der Waals surface area contributed by atoms with Crippen LogP contribution in [0.2, 0.25) is 0 Å². The highest BCUT2D eigenvalue weighted by atomic mass is 35.5. The van der Waals surface area contributed by atoms with Crippen LogP contribution in [0.3, 0.4) is 0 Å². The molecule has 2 rings (SSSR count). The molecule has 1 aromatic carbocycles. The lowest BCUT2D eigenvalue weighted by Crippen LogP contribution is -2.27. The third-order valence-electron chi connectivity index (χ3n) is 3.02. The van der Waals surface area contributed by atoms with E-state index >= 15 is 0 Å². The highest BCUT2D eigenvalue weighted by Crippen LogP contribution is 2.37. The number of thioether (sulfide) groups is 1. The van der Waals surface area contributed by atoms with Gasteiger partial charge in [0.15, 0.2) is 0 Å². The smallest absolute Gasteiger partial charge is 0.0331 e. The Labute approximate surface area is 122 Å². The molecule has 1 aliphatic rings. The van der Waals surface area contributed by atoms with E-state index in [2.05, 4.69) is 50.4 Å². The fourth-order valence-corrected chi connectivity index (χ4v) is 3.44. The first-order valence-corrected chi connectivity index (χ1v) is 7.39. The van der Waals surface area contributed by atoms with E-state index in [4.69, 9.17) is 0 Å². The Bertz CT molecular complexity index is 367. The van der Waals surface area contributed by atoms with Crippen molar-refractivity contribution in [3.63, 3.8) is 0 Å². The third-order valence-corrected chi connectivity index (χ3v) is 4.22. The Balaban J connectivity index is 0.00000162. The standard InChI is InChI=1S/C15H23NS.ClH/c1-15(2,3)17-14-10-5-4-8-12(14)13-9-6-7-11-16-13;/h4-5,8,10,13,16H,6-7,9,11H2,1-3H3;1H/t13-;/m0./s1. The van der Waals surface area contributed by atoms with Gasteiger partial charge in [0.2, 0.25) is 0 Å². The van der Waals surface area contributed by atoms with Gasteiger partial charge in [-0.1, -0.05) is 45.4 Å². The van der Waals surface area contributed by atoms with Gasteiger partial charge in [-0.05, 0) is 31.0 Å². The molecule has 1 nitrogen and oxygen atoms in total. The number of rotatable bonds is 2. The fourth-order valence-electron chi connectivity index (χ4n) is 2.31. The molecule has 102 valence electrons. The highest BCUT2D eigenvalue weighted by Gasteiger charge is 2.20. The molecule has 0 aliphatic carbocycles. The van der Waals surface area contributed by atoms with Crippen molar-refractivity contribution in [3.05, 3.63) is 29.8 Å². The Morgan fingerprint density at radius 2 is 1.89 bits per heavy atom. The minimum absolute atomic E-state index is 0. The van der Waals surface area contributed by atoms with E-state index in [0.717, 1.165) is 0 Å². The van der Waals surface area contributed by atoms with Gasteiger partial charge in [-0.3, -0.25) is 0 Å². The lowest BCUT2D eigenvalue weighted by molar-refractivity contribution is 0.408. The molecule has 0 bridgehead atoms. The Morgan fingerprint density at radius 1 is 1.17 bits per heavy atom. The van der Waals surface area contributed by atoms with Gasteiger partial charge in [-0.2, -0.15) is 0 Å². The summed E-state index contributed by atoms with van der Waals surface area (Å²) in [6.07, 6.45) is 3.96. The summed E-state index contributed by atoms with van der Waals surface area (Å²) in [5.74, 6) is 0. The van der Waals surface area contributed by atoms with E-state index in [1.165, 1.54) is 36.3 Å². The van der Waals surface area contributed by atoms with Crippen LogP contribution >= 0.6 is 24.2 Å². The molecule has 1 saturated heterocycles. The Hall–Kier alpha value is -0.180. The van der Waals surface area contributed by atoms with Crippen LogP contribution in [0.25, 0.3) is 0 Å². The van der Waals surface area contributed by atoms with Gasteiger partial charge in [0.25, 0.3) is 0 Å². The lowest BCUT2D eigenvalue weighted by Gasteiger charge is -2.27. The molecule has 1 heterocycles. The van der Waals surface area contributed by atoms with Crippen molar-refractivity contribution in [1.82, 2.24) is 5.32 Å². The molecular formula is C15H24ClNS. The molecule has 0 aromatic heterocycles. The number of piperidine rings is 1. The molecule has 0 saturated carbocycles. The first-order chi connectivity index (χ1) is 8.06. The summed E-state index contributed by atoms with van der Waals surface area (Å²) in [5.41, 5.74) is 1.49. The molecule has 1 atom stereocenters. The van der Waals surface area contributed by atoms with Gasteiger partial charge >= 0.3 is 0 Å². The molecule has 1 aliphatic heterocycles. The summed E-state index contributed by atoms with van der Waals surface area (Å²) in [6, 6.07) is 9.44. The van der Waals surface area contributed by atoms with Crippen LogP contribution in [0, 0.1) is 0 Å². The topological polar surface area (TPSA) is 12.0 Å². The zero-order valence-corrected chi connectivity index (χ0v) is 13.2. The minimum atomic E-state index is 0. The van der Waals surface area contributed by atoms with Crippen LogP contribution < -0.4 is 5.32 Å². The molecule has 0 radical (unpaired) electrons. The zero-order chi connectivity index (χ0) is 12.3. The quantitative estimate of drug-likeness (QED) is 0.782. The molecule has 1 fully saturated rings. The number of halogens is 1. The average Bonchev–Trinajstić information content (AvgIpc) is 2.29. The first kappa shape index (κ1) is 15.9. The van der Waals surface area contributed by atoms with E-state index in [1.54, 1.807) is 0 Å². The van der Waals surface area contributed by atoms with E-state index < -0.39 is 0 Å². The highest BCUT2D eigenvalue weighted by molar-refractivity contribution is 8.00. The van der Waals surface area contributed by atoms with Gasteiger partial charge < -0.3 is 5.32 Å². The van der Waals surface area contributed by atoms with Crippen molar-refractivity contribution in [2.75, 3.05) is 6.54 Å². The predicted octanol–water partition coefficient (Wildman–Crippen LogP) is 4.81. The normalized spacial score (nSPS) is 20.3. The molecule has 0 amide bonds. The van der Waals surface area contributed by atoms with Gasteiger partial charge in [-0.15, -0.1) is 24.2 Å². The summed E-state index contributed by atoms with van der Waals surface area (Å²) in [6.45, 7) is 8.01. The molecule has 3 heteroatoms. The number of nitrogens with one attached hydrogen (secondary N) is 1. The van der Waals surface area contributed by atoms with Crippen LogP contribution in [0.15, 0.2) is 29.2 Å². The van der Waals surface area contributed by atoms with Crippen molar-refractivity contribution < 1.29 is 0 Å². The van der Waals surface area contributed by atoms with E-state index in [0.29, 0.717) is 6.04 Å². The fraction of sp³-hybridized carbons (Fsp3) is 0.600. The van der Waals surface area contributed by atoms with Gasteiger partial charge in [0.1, 0.15) is 0 Å². The number of benzene rings is 1. The zero-order valence-electron chi connectivity index (χ0n) is 11.5. The molecule has 1 N–H and O–H groups in total. The van der Waals surface area contributed by atoms with E-state index in [-0.39, 0.29) is 17.2 Å². The molecule has 1 aromatic rings. The maximum atomic E-state index is 3.65.